The maximum atomic E-state index is 12.3. The van der Waals surface area contributed by atoms with E-state index in [0.717, 1.165) is 34.5 Å². The van der Waals surface area contributed by atoms with E-state index in [1.807, 2.05) is 36.2 Å². The Balaban J connectivity index is 2.06. The standard InChI is InChI=1S/C16H22BrN5O/c1-5-21-12(3)13(9-18-21)7-8-16(23)20(4)11-15-14(17)10-19-22(15)6-2/h7-10H,5-6,11H2,1-4H3/b8-7+. The number of hydrogen-bond acceptors (Lipinski definition) is 3. The van der Waals surface area contributed by atoms with Crippen LogP contribution in [0.25, 0.3) is 6.08 Å². The van der Waals surface area contributed by atoms with Crippen molar-refractivity contribution in [1.82, 2.24) is 24.5 Å². The number of nitrogens with zero attached hydrogens (tertiary/aromatic N) is 5. The molecule has 0 aliphatic heterocycles. The molecule has 2 aromatic heterocycles. The molecule has 0 saturated carbocycles. The fourth-order valence-corrected chi connectivity index (χ4v) is 2.77. The number of likely N-dealkylation sites (N-methyl/N-ethyl adjacent to an activating group) is 1. The highest BCUT2D eigenvalue weighted by molar-refractivity contribution is 9.10. The molecule has 1 amide bonds. The quantitative estimate of drug-likeness (QED) is 0.725. The molecule has 2 rings (SSSR count). The lowest BCUT2D eigenvalue weighted by Gasteiger charge is -2.16. The van der Waals surface area contributed by atoms with Crippen LogP contribution in [0.2, 0.25) is 0 Å². The highest BCUT2D eigenvalue weighted by Crippen LogP contribution is 2.18. The van der Waals surface area contributed by atoms with Gasteiger partial charge in [0, 0.05) is 37.5 Å². The van der Waals surface area contributed by atoms with Crippen LogP contribution in [0.1, 0.15) is 30.8 Å². The summed E-state index contributed by atoms with van der Waals surface area (Å²) in [4.78, 5) is 14.0. The molecule has 124 valence electrons. The smallest absolute Gasteiger partial charge is 0.246 e. The highest BCUT2D eigenvalue weighted by Gasteiger charge is 2.13. The van der Waals surface area contributed by atoms with Crippen molar-refractivity contribution in [2.24, 2.45) is 0 Å². The topological polar surface area (TPSA) is 56.0 Å². The van der Waals surface area contributed by atoms with Crippen LogP contribution in [0.5, 0.6) is 0 Å². The van der Waals surface area contributed by atoms with Gasteiger partial charge in [-0.15, -0.1) is 0 Å². The molecule has 6 nitrogen and oxygen atoms in total. The molecule has 2 aromatic rings. The second-order valence-corrected chi connectivity index (χ2v) is 6.14. The summed E-state index contributed by atoms with van der Waals surface area (Å²) < 4.78 is 4.71. The molecule has 2 heterocycles. The zero-order valence-corrected chi connectivity index (χ0v) is 15.5. The Morgan fingerprint density at radius 3 is 2.52 bits per heavy atom. The maximum Gasteiger partial charge on any atom is 0.246 e. The third-order valence-electron chi connectivity index (χ3n) is 3.81. The van der Waals surface area contributed by atoms with E-state index in [1.54, 1.807) is 30.4 Å². The van der Waals surface area contributed by atoms with E-state index in [-0.39, 0.29) is 5.91 Å². The molecule has 0 radical (unpaired) electrons. The van der Waals surface area contributed by atoms with E-state index >= 15 is 0 Å². The Kier molecular flexibility index (Phi) is 5.76. The van der Waals surface area contributed by atoms with E-state index in [0.29, 0.717) is 6.54 Å². The van der Waals surface area contributed by atoms with Crippen molar-refractivity contribution >= 4 is 27.9 Å². The maximum absolute atomic E-state index is 12.3. The van der Waals surface area contributed by atoms with Crippen LogP contribution in [-0.2, 0) is 24.4 Å². The lowest BCUT2D eigenvalue weighted by molar-refractivity contribution is -0.125. The van der Waals surface area contributed by atoms with Gasteiger partial charge < -0.3 is 4.90 Å². The van der Waals surface area contributed by atoms with E-state index < -0.39 is 0 Å². The van der Waals surface area contributed by atoms with Crippen LogP contribution in [0.4, 0.5) is 0 Å². The largest absolute Gasteiger partial charge is 0.336 e. The van der Waals surface area contributed by atoms with Gasteiger partial charge in [-0.05, 0) is 42.8 Å². The molecule has 0 aliphatic rings. The molecule has 0 N–H and O–H groups in total. The Morgan fingerprint density at radius 1 is 1.26 bits per heavy atom. The van der Waals surface area contributed by atoms with Crippen molar-refractivity contribution < 1.29 is 4.79 Å². The van der Waals surface area contributed by atoms with E-state index in [4.69, 9.17) is 0 Å². The fraction of sp³-hybridized carbons (Fsp3) is 0.438. The first-order chi connectivity index (χ1) is 11.0. The Bertz CT molecular complexity index is 716. The average molecular weight is 380 g/mol. The van der Waals surface area contributed by atoms with Gasteiger partial charge in [-0.2, -0.15) is 10.2 Å². The number of carbonyl (C=O) groups is 1. The number of rotatable bonds is 6. The summed E-state index contributed by atoms with van der Waals surface area (Å²) >= 11 is 3.48. The van der Waals surface area contributed by atoms with Crippen LogP contribution in [-0.4, -0.2) is 37.4 Å². The number of carbonyl (C=O) groups excluding carboxylic acids is 1. The molecule has 0 aliphatic carbocycles. The van der Waals surface area contributed by atoms with Gasteiger partial charge in [0.1, 0.15) is 0 Å². The molecule has 0 unspecified atom stereocenters. The van der Waals surface area contributed by atoms with Crippen molar-refractivity contribution in [3.63, 3.8) is 0 Å². The molecule has 0 saturated heterocycles. The number of aryl methyl sites for hydroxylation is 2. The summed E-state index contributed by atoms with van der Waals surface area (Å²) in [6.45, 7) is 8.17. The summed E-state index contributed by atoms with van der Waals surface area (Å²) in [7, 11) is 1.79. The Hall–Kier alpha value is -1.89. The van der Waals surface area contributed by atoms with E-state index in [1.165, 1.54) is 0 Å². The van der Waals surface area contributed by atoms with E-state index in [9.17, 15) is 4.79 Å². The van der Waals surface area contributed by atoms with Crippen molar-refractivity contribution in [3.8, 4) is 0 Å². The first-order valence-corrected chi connectivity index (χ1v) is 8.43. The molecule has 0 fully saturated rings. The van der Waals surface area contributed by atoms with Gasteiger partial charge in [0.05, 0.1) is 29.1 Å². The number of hydrogen-bond donors (Lipinski definition) is 0. The average Bonchev–Trinajstić information content (AvgIpc) is 3.08. The molecular formula is C16H22BrN5O. The molecular weight excluding hydrogens is 358 g/mol. The van der Waals surface area contributed by atoms with Gasteiger partial charge in [0.25, 0.3) is 0 Å². The van der Waals surface area contributed by atoms with Gasteiger partial charge in [-0.25, -0.2) is 0 Å². The fourth-order valence-electron chi connectivity index (χ4n) is 2.35. The van der Waals surface area contributed by atoms with Crippen LogP contribution in [0.15, 0.2) is 22.9 Å². The molecule has 0 aromatic carbocycles. The van der Waals surface area contributed by atoms with Gasteiger partial charge >= 0.3 is 0 Å². The van der Waals surface area contributed by atoms with Crippen molar-refractivity contribution in [2.45, 2.75) is 40.4 Å². The molecule has 0 atom stereocenters. The Morgan fingerprint density at radius 2 is 1.91 bits per heavy atom. The number of halogens is 1. The molecule has 0 bridgehead atoms. The monoisotopic (exact) mass is 379 g/mol. The minimum Gasteiger partial charge on any atom is -0.336 e. The zero-order valence-electron chi connectivity index (χ0n) is 14.0. The minimum atomic E-state index is -0.0515. The summed E-state index contributed by atoms with van der Waals surface area (Å²) in [6.07, 6.45) is 6.95. The van der Waals surface area contributed by atoms with Gasteiger partial charge in [0.2, 0.25) is 5.91 Å². The van der Waals surface area contributed by atoms with Crippen molar-refractivity contribution in [2.75, 3.05) is 7.05 Å². The second kappa shape index (κ2) is 7.59. The molecule has 0 spiro atoms. The van der Waals surface area contributed by atoms with Crippen molar-refractivity contribution in [1.29, 1.82) is 0 Å². The summed E-state index contributed by atoms with van der Waals surface area (Å²) in [6, 6.07) is 0. The lowest BCUT2D eigenvalue weighted by atomic mass is 10.2. The lowest BCUT2D eigenvalue weighted by Crippen LogP contribution is -2.25. The highest BCUT2D eigenvalue weighted by atomic mass is 79.9. The van der Waals surface area contributed by atoms with Crippen LogP contribution in [0, 0.1) is 6.92 Å². The van der Waals surface area contributed by atoms with Crippen LogP contribution >= 0.6 is 15.9 Å². The van der Waals surface area contributed by atoms with E-state index in [2.05, 4.69) is 26.1 Å². The van der Waals surface area contributed by atoms with Crippen molar-refractivity contribution in [3.05, 3.63) is 39.9 Å². The second-order valence-electron chi connectivity index (χ2n) is 5.28. The van der Waals surface area contributed by atoms with Crippen LogP contribution < -0.4 is 0 Å². The first kappa shape index (κ1) is 17.5. The first-order valence-electron chi connectivity index (χ1n) is 7.63. The predicted molar refractivity (Wildman–Crippen MR) is 93.7 cm³/mol. The number of aromatic nitrogens is 4. The van der Waals surface area contributed by atoms with Gasteiger partial charge in [0.15, 0.2) is 0 Å². The van der Waals surface area contributed by atoms with Crippen LogP contribution in [0.3, 0.4) is 0 Å². The third kappa shape index (κ3) is 3.90. The Labute approximate surface area is 144 Å². The van der Waals surface area contributed by atoms with Gasteiger partial charge in [-0.1, -0.05) is 0 Å². The van der Waals surface area contributed by atoms with Gasteiger partial charge in [-0.3, -0.25) is 14.2 Å². The normalized spacial score (nSPS) is 11.3. The summed E-state index contributed by atoms with van der Waals surface area (Å²) in [5.41, 5.74) is 3.02. The zero-order chi connectivity index (χ0) is 17.0. The third-order valence-corrected chi connectivity index (χ3v) is 4.47. The SMILES string of the molecule is CCn1ncc(/C=C/C(=O)N(C)Cc2c(Br)cnn2CC)c1C. The minimum absolute atomic E-state index is 0.0515. The number of amides is 1. The molecule has 23 heavy (non-hydrogen) atoms. The summed E-state index contributed by atoms with van der Waals surface area (Å²) in [5, 5.41) is 8.54. The molecule has 7 heteroatoms. The predicted octanol–water partition coefficient (Wildman–Crippen LogP) is 2.86. The summed E-state index contributed by atoms with van der Waals surface area (Å²) in [5.74, 6) is -0.0515.